The van der Waals surface area contributed by atoms with Crippen LogP contribution < -0.4 is 4.31 Å². The van der Waals surface area contributed by atoms with E-state index in [9.17, 15) is 13.2 Å². The van der Waals surface area contributed by atoms with Crippen LogP contribution in [0.25, 0.3) is 0 Å². The Hall–Kier alpha value is -2.08. The van der Waals surface area contributed by atoms with Crippen molar-refractivity contribution in [3.8, 4) is 0 Å². The largest absolute Gasteiger partial charge is 0.440 e. The molecule has 112 valence electrons. The number of para-hydroxylation sites is 1. The molecule has 1 heterocycles. The van der Waals surface area contributed by atoms with E-state index in [0.717, 1.165) is 12.8 Å². The third-order valence-corrected chi connectivity index (χ3v) is 4.72. The second-order valence-corrected chi connectivity index (χ2v) is 6.33. The van der Waals surface area contributed by atoms with Crippen LogP contribution in [-0.4, -0.2) is 21.2 Å². The standard InChI is InChI=1S/C15H17NO4S/c1-2-3-11-16(13-7-5-4-6-8-13)21(18,19)15-10-9-14(12-17)20-15/h4-10,12H,2-3,11H2,1H3. The van der Waals surface area contributed by atoms with Gasteiger partial charge in [-0.3, -0.25) is 9.10 Å². The number of hydrogen-bond donors (Lipinski definition) is 0. The number of sulfonamides is 1. The Morgan fingerprint density at radius 2 is 1.86 bits per heavy atom. The fraction of sp³-hybridized carbons (Fsp3) is 0.267. The van der Waals surface area contributed by atoms with Gasteiger partial charge in [0.25, 0.3) is 10.0 Å². The van der Waals surface area contributed by atoms with Crippen molar-refractivity contribution in [1.29, 1.82) is 0 Å². The van der Waals surface area contributed by atoms with Gasteiger partial charge in [0.1, 0.15) is 0 Å². The van der Waals surface area contributed by atoms with Crippen LogP contribution in [0.3, 0.4) is 0 Å². The summed E-state index contributed by atoms with van der Waals surface area (Å²) in [6.07, 6.45) is 2.09. The molecule has 2 aromatic rings. The molecule has 0 N–H and O–H groups in total. The van der Waals surface area contributed by atoms with Crippen molar-refractivity contribution in [2.45, 2.75) is 24.9 Å². The molecule has 5 nitrogen and oxygen atoms in total. The van der Waals surface area contributed by atoms with Crippen molar-refractivity contribution >= 4 is 22.0 Å². The van der Waals surface area contributed by atoms with Crippen LogP contribution in [0.4, 0.5) is 5.69 Å². The fourth-order valence-electron chi connectivity index (χ4n) is 1.93. The van der Waals surface area contributed by atoms with Gasteiger partial charge in [-0.25, -0.2) is 0 Å². The first kappa shape index (κ1) is 15.3. The molecule has 0 aliphatic rings. The van der Waals surface area contributed by atoms with Crippen molar-refractivity contribution in [3.05, 3.63) is 48.2 Å². The van der Waals surface area contributed by atoms with E-state index in [2.05, 4.69) is 0 Å². The Morgan fingerprint density at radius 1 is 1.14 bits per heavy atom. The lowest BCUT2D eigenvalue weighted by atomic mass is 10.3. The summed E-state index contributed by atoms with van der Waals surface area (Å²) in [5, 5.41) is -0.218. The molecular formula is C15H17NO4S. The molecule has 0 atom stereocenters. The molecule has 21 heavy (non-hydrogen) atoms. The summed E-state index contributed by atoms with van der Waals surface area (Å²) in [7, 11) is -3.81. The van der Waals surface area contributed by atoms with Gasteiger partial charge in [0.05, 0.1) is 5.69 Å². The van der Waals surface area contributed by atoms with Crippen LogP contribution in [0, 0.1) is 0 Å². The van der Waals surface area contributed by atoms with E-state index < -0.39 is 10.0 Å². The number of rotatable bonds is 7. The highest BCUT2D eigenvalue weighted by atomic mass is 32.2. The Kier molecular flexibility index (Phi) is 4.80. The molecule has 6 heteroatoms. The van der Waals surface area contributed by atoms with Gasteiger partial charge in [0, 0.05) is 6.54 Å². The summed E-state index contributed by atoms with van der Waals surface area (Å²) in [6.45, 7) is 2.35. The van der Waals surface area contributed by atoms with Crippen LogP contribution >= 0.6 is 0 Å². The summed E-state index contributed by atoms with van der Waals surface area (Å²) in [5.41, 5.74) is 0.579. The molecule has 0 fully saturated rings. The zero-order valence-corrected chi connectivity index (χ0v) is 12.5. The topological polar surface area (TPSA) is 67.6 Å². The minimum absolute atomic E-state index is 0.00271. The molecule has 2 rings (SSSR count). The van der Waals surface area contributed by atoms with Gasteiger partial charge in [0.15, 0.2) is 12.0 Å². The number of unbranched alkanes of at least 4 members (excludes halogenated alkanes) is 1. The summed E-state index contributed by atoms with van der Waals surface area (Å²) in [5.74, 6) is -0.00271. The van der Waals surface area contributed by atoms with Crippen molar-refractivity contribution in [1.82, 2.24) is 0 Å². The lowest BCUT2D eigenvalue weighted by Crippen LogP contribution is -2.31. The van der Waals surface area contributed by atoms with Crippen molar-refractivity contribution in [3.63, 3.8) is 0 Å². The summed E-state index contributed by atoms with van der Waals surface area (Å²) in [4.78, 5) is 10.7. The quantitative estimate of drug-likeness (QED) is 0.737. The van der Waals surface area contributed by atoms with Gasteiger partial charge < -0.3 is 4.42 Å². The molecule has 0 spiro atoms. The minimum Gasteiger partial charge on any atom is -0.440 e. The second kappa shape index (κ2) is 6.58. The molecule has 0 saturated heterocycles. The van der Waals surface area contributed by atoms with Crippen LogP contribution in [0.5, 0.6) is 0 Å². The summed E-state index contributed by atoms with van der Waals surface area (Å²) >= 11 is 0. The van der Waals surface area contributed by atoms with E-state index in [1.54, 1.807) is 24.3 Å². The SMILES string of the molecule is CCCCN(c1ccccc1)S(=O)(=O)c1ccc(C=O)o1. The first-order valence-electron chi connectivity index (χ1n) is 6.72. The number of aldehydes is 1. The fourth-order valence-corrected chi connectivity index (χ4v) is 3.36. The highest BCUT2D eigenvalue weighted by molar-refractivity contribution is 7.92. The number of anilines is 1. The molecular weight excluding hydrogens is 290 g/mol. The predicted octanol–water partition coefficient (Wildman–Crippen LogP) is 3.09. The molecule has 0 amide bonds. The van der Waals surface area contributed by atoms with Crippen LogP contribution in [0.15, 0.2) is 52.0 Å². The third-order valence-electron chi connectivity index (χ3n) is 3.02. The van der Waals surface area contributed by atoms with Gasteiger partial charge >= 0.3 is 0 Å². The smallest absolute Gasteiger partial charge is 0.297 e. The first-order valence-corrected chi connectivity index (χ1v) is 8.16. The average Bonchev–Trinajstić information content (AvgIpc) is 2.98. The van der Waals surface area contributed by atoms with E-state index in [1.807, 2.05) is 13.0 Å². The maximum Gasteiger partial charge on any atom is 0.297 e. The maximum atomic E-state index is 12.7. The van der Waals surface area contributed by atoms with Gasteiger partial charge in [-0.2, -0.15) is 8.42 Å². The number of benzene rings is 1. The van der Waals surface area contributed by atoms with Crippen LogP contribution in [0.2, 0.25) is 0 Å². The summed E-state index contributed by atoms with van der Waals surface area (Å²) < 4.78 is 31.8. The van der Waals surface area contributed by atoms with E-state index in [4.69, 9.17) is 4.42 Å². The molecule has 0 unspecified atom stereocenters. The first-order chi connectivity index (χ1) is 10.1. The Labute approximate surface area is 124 Å². The lowest BCUT2D eigenvalue weighted by Gasteiger charge is -2.22. The van der Waals surface area contributed by atoms with Gasteiger partial charge in [0.2, 0.25) is 5.09 Å². The monoisotopic (exact) mass is 307 g/mol. The molecule has 1 aromatic carbocycles. The molecule has 0 saturated carbocycles. The highest BCUT2D eigenvalue weighted by Gasteiger charge is 2.27. The highest BCUT2D eigenvalue weighted by Crippen LogP contribution is 2.25. The molecule has 0 aliphatic heterocycles. The number of hydrogen-bond acceptors (Lipinski definition) is 4. The Bertz CT molecular complexity index is 691. The average molecular weight is 307 g/mol. The van der Waals surface area contributed by atoms with E-state index in [0.29, 0.717) is 18.5 Å². The zero-order valence-electron chi connectivity index (χ0n) is 11.7. The molecule has 0 bridgehead atoms. The van der Waals surface area contributed by atoms with Crippen molar-refractivity contribution < 1.29 is 17.6 Å². The molecule has 1 aromatic heterocycles. The number of carbonyl (C=O) groups is 1. The number of nitrogens with zero attached hydrogens (tertiary/aromatic N) is 1. The normalized spacial score (nSPS) is 11.3. The van der Waals surface area contributed by atoms with E-state index in [1.165, 1.54) is 16.4 Å². The van der Waals surface area contributed by atoms with Crippen LogP contribution in [-0.2, 0) is 10.0 Å². The predicted molar refractivity (Wildman–Crippen MR) is 80.0 cm³/mol. The summed E-state index contributed by atoms with van der Waals surface area (Å²) in [6, 6.07) is 11.5. The van der Waals surface area contributed by atoms with Crippen molar-refractivity contribution in [2.75, 3.05) is 10.8 Å². The van der Waals surface area contributed by atoms with E-state index in [-0.39, 0.29) is 10.9 Å². The zero-order chi connectivity index (χ0) is 15.3. The minimum atomic E-state index is -3.81. The van der Waals surface area contributed by atoms with Gasteiger partial charge in [-0.05, 0) is 30.7 Å². The molecule has 0 aliphatic carbocycles. The van der Waals surface area contributed by atoms with Crippen molar-refractivity contribution in [2.24, 2.45) is 0 Å². The Morgan fingerprint density at radius 3 is 2.43 bits per heavy atom. The maximum absolute atomic E-state index is 12.7. The van der Waals surface area contributed by atoms with Crippen LogP contribution in [0.1, 0.15) is 30.3 Å². The van der Waals surface area contributed by atoms with Gasteiger partial charge in [-0.15, -0.1) is 0 Å². The molecule has 0 radical (unpaired) electrons. The lowest BCUT2D eigenvalue weighted by molar-refractivity contribution is 0.109. The second-order valence-electron chi connectivity index (χ2n) is 4.54. The Balaban J connectivity index is 2.41. The number of carbonyl (C=O) groups excluding carboxylic acids is 1. The van der Waals surface area contributed by atoms with Gasteiger partial charge in [-0.1, -0.05) is 31.5 Å². The number of furan rings is 1. The van der Waals surface area contributed by atoms with E-state index >= 15 is 0 Å². The third kappa shape index (κ3) is 3.33.